The highest BCUT2D eigenvalue weighted by Gasteiger charge is 2.33. The van der Waals surface area contributed by atoms with Crippen LogP contribution in [0.15, 0.2) is 0 Å². The second-order valence-electron chi connectivity index (χ2n) is 4.03. The molecule has 4 atom stereocenters. The van der Waals surface area contributed by atoms with Gasteiger partial charge in [0.15, 0.2) is 18.3 Å². The van der Waals surface area contributed by atoms with Crippen molar-refractivity contribution in [2.75, 3.05) is 13.6 Å². The number of carboxylic acid groups (broad SMARTS) is 2. The zero-order valence-electron chi connectivity index (χ0n) is 11.5. The fourth-order valence-electron chi connectivity index (χ4n) is 0.903. The first-order valence-electron chi connectivity index (χ1n) is 5.63. The van der Waals surface area contributed by atoms with Crippen molar-refractivity contribution in [2.24, 2.45) is 5.73 Å². The lowest BCUT2D eigenvalue weighted by atomic mass is 10.0. The molecule has 0 aliphatic rings. The number of hydrogen-bond donors (Lipinski definition) is 8. The van der Waals surface area contributed by atoms with E-state index in [4.69, 9.17) is 41.8 Å². The van der Waals surface area contributed by atoms with Crippen LogP contribution < -0.4 is 5.73 Å². The van der Waals surface area contributed by atoms with Crippen molar-refractivity contribution < 1.29 is 45.0 Å². The standard InChI is InChI=1S/C6H10O7.C4H9N3O2/c7-1-2(8)3(9)4(10)5(11)6(12)13;1-7(4(5)6)2-3(8)9/h1-5,8-11H,(H,12,13);2H2,1H3,(H3,5,6)(H,8,9). The summed E-state index contributed by atoms with van der Waals surface area (Å²) >= 11 is 0. The third-order valence-corrected chi connectivity index (χ3v) is 2.20. The van der Waals surface area contributed by atoms with Crippen molar-refractivity contribution in [3.8, 4) is 0 Å². The van der Waals surface area contributed by atoms with Crippen molar-refractivity contribution in [2.45, 2.75) is 24.4 Å². The van der Waals surface area contributed by atoms with Crippen LogP contribution in [0.2, 0.25) is 0 Å². The number of nitrogens with one attached hydrogen (secondary N) is 1. The van der Waals surface area contributed by atoms with E-state index in [0.717, 1.165) is 4.90 Å². The molecular weight excluding hydrogens is 306 g/mol. The van der Waals surface area contributed by atoms with Crippen molar-refractivity contribution in [1.29, 1.82) is 5.41 Å². The van der Waals surface area contributed by atoms with E-state index in [9.17, 15) is 14.4 Å². The number of nitrogens with two attached hydrogens (primary N) is 1. The zero-order valence-corrected chi connectivity index (χ0v) is 11.5. The third-order valence-electron chi connectivity index (χ3n) is 2.20. The second-order valence-corrected chi connectivity index (χ2v) is 4.03. The number of carbonyl (C=O) groups is 3. The van der Waals surface area contributed by atoms with Gasteiger partial charge in [-0.05, 0) is 0 Å². The normalized spacial score (nSPS) is 15.3. The number of guanidine groups is 1. The molecule has 4 unspecified atom stereocenters. The van der Waals surface area contributed by atoms with Gasteiger partial charge in [-0.2, -0.15) is 0 Å². The lowest BCUT2D eigenvalue weighted by Crippen LogP contribution is -2.48. The first-order valence-corrected chi connectivity index (χ1v) is 5.63. The molecule has 0 radical (unpaired) electrons. The van der Waals surface area contributed by atoms with Crippen LogP contribution in [0, 0.1) is 5.41 Å². The largest absolute Gasteiger partial charge is 0.480 e. The van der Waals surface area contributed by atoms with Crippen LogP contribution in [-0.2, 0) is 14.4 Å². The maximum absolute atomic E-state index is 10.1. The van der Waals surface area contributed by atoms with E-state index in [2.05, 4.69) is 0 Å². The Hall–Kier alpha value is -2.28. The molecule has 0 aromatic rings. The summed E-state index contributed by atoms with van der Waals surface area (Å²) in [6, 6.07) is 0. The van der Waals surface area contributed by atoms with Gasteiger partial charge in [-0.15, -0.1) is 0 Å². The van der Waals surface area contributed by atoms with Gasteiger partial charge >= 0.3 is 11.9 Å². The molecule has 0 saturated carbocycles. The molecular formula is C10H19N3O9. The first-order chi connectivity index (χ1) is 9.95. The Labute approximate surface area is 124 Å². The van der Waals surface area contributed by atoms with Crippen molar-refractivity contribution in [3.05, 3.63) is 0 Å². The Balaban J connectivity index is 0. The van der Waals surface area contributed by atoms with Crippen LogP contribution in [0.4, 0.5) is 0 Å². The molecule has 0 saturated heterocycles. The highest BCUT2D eigenvalue weighted by Crippen LogP contribution is 2.03. The summed E-state index contributed by atoms with van der Waals surface area (Å²) in [7, 11) is 1.44. The number of aliphatic hydroxyl groups excluding tert-OH is 4. The van der Waals surface area contributed by atoms with Crippen molar-refractivity contribution >= 4 is 24.2 Å². The summed E-state index contributed by atoms with van der Waals surface area (Å²) < 4.78 is 0. The van der Waals surface area contributed by atoms with Crippen LogP contribution in [0.1, 0.15) is 0 Å². The Morgan fingerprint density at radius 1 is 1.18 bits per heavy atom. The van der Waals surface area contributed by atoms with Crippen molar-refractivity contribution in [3.63, 3.8) is 0 Å². The van der Waals surface area contributed by atoms with Gasteiger partial charge < -0.3 is 46.1 Å². The van der Waals surface area contributed by atoms with Crippen LogP contribution in [-0.4, -0.2) is 97.7 Å². The monoisotopic (exact) mass is 325 g/mol. The Morgan fingerprint density at radius 2 is 1.64 bits per heavy atom. The number of aliphatic carboxylic acids is 2. The number of rotatable bonds is 7. The number of likely N-dealkylation sites (N-methyl/N-ethyl adjacent to an activating group) is 1. The van der Waals surface area contributed by atoms with Gasteiger partial charge in [0, 0.05) is 7.05 Å². The maximum atomic E-state index is 10.1. The Kier molecular flexibility index (Phi) is 10.5. The minimum atomic E-state index is -2.25. The molecule has 0 spiro atoms. The average Bonchev–Trinajstić information content (AvgIpc) is 2.43. The quantitative estimate of drug-likeness (QED) is 0.127. The molecule has 9 N–H and O–H groups in total. The molecule has 0 bridgehead atoms. The minimum Gasteiger partial charge on any atom is -0.480 e. The molecule has 0 heterocycles. The van der Waals surface area contributed by atoms with E-state index >= 15 is 0 Å². The van der Waals surface area contributed by atoms with Crippen molar-refractivity contribution in [1.82, 2.24) is 4.90 Å². The molecule has 12 heteroatoms. The number of hydrogen-bond acceptors (Lipinski definition) is 8. The molecule has 0 amide bonds. The number of carboxylic acids is 2. The molecule has 0 aliphatic heterocycles. The topological polar surface area (TPSA) is 226 Å². The molecule has 128 valence electrons. The fraction of sp³-hybridized carbons (Fsp3) is 0.600. The predicted molar refractivity (Wildman–Crippen MR) is 69.9 cm³/mol. The number of nitrogens with zero attached hydrogens (tertiary/aromatic N) is 1. The zero-order chi connectivity index (χ0) is 18.0. The van der Waals surface area contributed by atoms with E-state index in [1.807, 2.05) is 0 Å². The molecule has 0 rings (SSSR count). The summed E-state index contributed by atoms with van der Waals surface area (Å²) in [6.07, 6.45) is -8.39. The second kappa shape index (κ2) is 10.4. The van der Waals surface area contributed by atoms with E-state index in [-0.39, 0.29) is 18.8 Å². The molecule has 0 fully saturated rings. The first kappa shape index (κ1) is 22.0. The predicted octanol–water partition coefficient (Wildman–Crippen LogP) is -4.39. The van der Waals surface area contributed by atoms with E-state index in [1.54, 1.807) is 0 Å². The third kappa shape index (κ3) is 8.80. The van der Waals surface area contributed by atoms with Crippen LogP contribution in [0.25, 0.3) is 0 Å². The lowest BCUT2D eigenvalue weighted by molar-refractivity contribution is -0.163. The smallest absolute Gasteiger partial charge is 0.335 e. The van der Waals surface area contributed by atoms with E-state index in [1.165, 1.54) is 7.05 Å². The summed E-state index contributed by atoms with van der Waals surface area (Å²) in [5, 5.41) is 58.1. The van der Waals surface area contributed by atoms with Crippen LogP contribution in [0.3, 0.4) is 0 Å². The SMILES string of the molecule is CN(CC(=O)O)C(=N)N.O=CC(O)C(O)C(O)C(O)C(=O)O. The van der Waals surface area contributed by atoms with Gasteiger partial charge in [-0.25, -0.2) is 4.79 Å². The lowest BCUT2D eigenvalue weighted by Gasteiger charge is -2.21. The van der Waals surface area contributed by atoms with Gasteiger partial charge in [-0.1, -0.05) is 0 Å². The summed E-state index contributed by atoms with van der Waals surface area (Å²) in [5.74, 6) is -2.99. The Bertz CT molecular complexity index is 403. The fourth-order valence-corrected chi connectivity index (χ4v) is 0.903. The molecule has 22 heavy (non-hydrogen) atoms. The maximum Gasteiger partial charge on any atom is 0.335 e. The molecule has 12 nitrogen and oxygen atoms in total. The summed E-state index contributed by atoms with van der Waals surface area (Å²) in [6.45, 7) is -0.227. The number of carbonyl (C=O) groups excluding carboxylic acids is 1. The Morgan fingerprint density at radius 3 is 1.86 bits per heavy atom. The minimum absolute atomic E-state index is 0.0809. The molecule has 0 aromatic carbocycles. The number of aldehydes is 1. The number of aliphatic hydroxyl groups is 4. The van der Waals surface area contributed by atoms with Gasteiger partial charge in [0.2, 0.25) is 0 Å². The molecule has 0 aromatic heterocycles. The van der Waals surface area contributed by atoms with E-state index < -0.39 is 36.4 Å². The highest BCUT2D eigenvalue weighted by atomic mass is 16.4. The average molecular weight is 325 g/mol. The highest BCUT2D eigenvalue weighted by molar-refractivity contribution is 5.80. The van der Waals surface area contributed by atoms with Crippen LogP contribution >= 0.6 is 0 Å². The summed E-state index contributed by atoms with van der Waals surface area (Å²) in [5.41, 5.74) is 4.93. The van der Waals surface area contributed by atoms with Crippen LogP contribution in [0.5, 0.6) is 0 Å². The van der Waals surface area contributed by atoms with Gasteiger partial charge in [-0.3, -0.25) is 10.2 Å². The van der Waals surface area contributed by atoms with Gasteiger partial charge in [0.1, 0.15) is 24.9 Å². The van der Waals surface area contributed by atoms with Gasteiger partial charge in [0.05, 0.1) is 0 Å². The van der Waals surface area contributed by atoms with Gasteiger partial charge in [0.25, 0.3) is 0 Å². The summed E-state index contributed by atoms with van der Waals surface area (Å²) in [4.78, 5) is 31.0. The van der Waals surface area contributed by atoms with E-state index in [0.29, 0.717) is 0 Å². The molecule has 0 aliphatic carbocycles.